The molecule has 2 aromatic rings. The number of hydrogen-bond acceptors (Lipinski definition) is 6. The lowest BCUT2D eigenvalue weighted by Gasteiger charge is -2.29. The summed E-state index contributed by atoms with van der Waals surface area (Å²) in [5, 5.41) is 20.6. The molecule has 0 saturated carbocycles. The van der Waals surface area contributed by atoms with Crippen molar-refractivity contribution in [3.63, 3.8) is 0 Å². The van der Waals surface area contributed by atoms with Gasteiger partial charge in [-0.05, 0) is 11.4 Å². The van der Waals surface area contributed by atoms with E-state index >= 15 is 0 Å². The van der Waals surface area contributed by atoms with Crippen LogP contribution in [0, 0.1) is 0 Å². The van der Waals surface area contributed by atoms with E-state index in [9.17, 15) is 5.11 Å². The van der Waals surface area contributed by atoms with Crippen molar-refractivity contribution < 1.29 is 9.84 Å². The molecule has 3 heterocycles. The molecule has 1 unspecified atom stereocenters. The smallest absolute Gasteiger partial charge is 0.147 e. The molecule has 0 radical (unpaired) electrons. The Morgan fingerprint density at radius 2 is 2.32 bits per heavy atom. The number of aromatic nitrogens is 3. The molecule has 0 bridgehead atoms. The Morgan fingerprint density at radius 3 is 3.09 bits per heavy atom. The number of aryl methyl sites for hydroxylation is 1. The lowest BCUT2D eigenvalue weighted by molar-refractivity contribution is 0.00607. The van der Waals surface area contributed by atoms with Crippen molar-refractivity contribution in [3.05, 3.63) is 34.0 Å². The number of ether oxygens (including phenoxy) is 1. The molecule has 2 aromatic heterocycles. The van der Waals surface area contributed by atoms with Crippen molar-refractivity contribution in [2.75, 3.05) is 19.7 Å². The highest BCUT2D eigenvalue weighted by Gasteiger charge is 2.22. The van der Waals surface area contributed by atoms with Gasteiger partial charge in [0.25, 0.3) is 0 Å². The van der Waals surface area contributed by atoms with Crippen LogP contribution < -0.4 is 0 Å². The van der Waals surface area contributed by atoms with Crippen molar-refractivity contribution in [2.45, 2.75) is 39.1 Å². The second-order valence-corrected chi connectivity index (χ2v) is 6.55. The van der Waals surface area contributed by atoms with Crippen molar-refractivity contribution >= 4 is 11.3 Å². The zero-order chi connectivity index (χ0) is 15.4. The number of β-amino-alcohol motifs (C(OH)–C–C–N with tert-alkyl or cyclic N) is 1. The fourth-order valence-electron chi connectivity index (χ4n) is 2.73. The SMILES string of the molecule is CCc1nnc2n1CCN(CC(O)COCc1cccs1)C2. The summed E-state index contributed by atoms with van der Waals surface area (Å²) in [6, 6.07) is 4.05. The van der Waals surface area contributed by atoms with E-state index in [0.29, 0.717) is 19.8 Å². The summed E-state index contributed by atoms with van der Waals surface area (Å²) >= 11 is 1.67. The Bertz CT molecular complexity index is 584. The highest BCUT2D eigenvalue weighted by Crippen LogP contribution is 2.14. The van der Waals surface area contributed by atoms with E-state index < -0.39 is 6.10 Å². The van der Waals surface area contributed by atoms with Gasteiger partial charge in [0.15, 0.2) is 0 Å². The molecule has 22 heavy (non-hydrogen) atoms. The highest BCUT2D eigenvalue weighted by atomic mass is 32.1. The number of thiophene rings is 1. The zero-order valence-electron chi connectivity index (χ0n) is 12.8. The molecule has 0 aliphatic carbocycles. The molecule has 0 saturated heterocycles. The zero-order valence-corrected chi connectivity index (χ0v) is 13.6. The van der Waals surface area contributed by atoms with Gasteiger partial charge in [0.1, 0.15) is 11.6 Å². The molecule has 0 amide bonds. The van der Waals surface area contributed by atoms with Gasteiger partial charge < -0.3 is 14.4 Å². The van der Waals surface area contributed by atoms with E-state index in [2.05, 4.69) is 26.6 Å². The maximum absolute atomic E-state index is 10.1. The lowest BCUT2D eigenvalue weighted by Crippen LogP contribution is -2.40. The van der Waals surface area contributed by atoms with Crippen LogP contribution >= 0.6 is 11.3 Å². The number of nitrogens with zero attached hydrogens (tertiary/aromatic N) is 4. The molecule has 0 spiro atoms. The molecule has 1 aliphatic heterocycles. The third kappa shape index (κ3) is 3.73. The van der Waals surface area contributed by atoms with Gasteiger partial charge in [-0.25, -0.2) is 0 Å². The maximum Gasteiger partial charge on any atom is 0.147 e. The number of aliphatic hydroxyl groups is 1. The van der Waals surface area contributed by atoms with Crippen LogP contribution in [0.5, 0.6) is 0 Å². The van der Waals surface area contributed by atoms with E-state index in [1.807, 2.05) is 17.5 Å². The van der Waals surface area contributed by atoms with Crippen LogP contribution in [0.3, 0.4) is 0 Å². The first-order chi connectivity index (χ1) is 10.8. The van der Waals surface area contributed by atoms with Crippen LogP contribution in [0.1, 0.15) is 23.4 Å². The van der Waals surface area contributed by atoms with E-state index in [1.165, 1.54) is 4.88 Å². The average Bonchev–Trinajstić information content (AvgIpc) is 3.15. The summed E-state index contributed by atoms with van der Waals surface area (Å²) < 4.78 is 7.76. The Morgan fingerprint density at radius 1 is 1.41 bits per heavy atom. The van der Waals surface area contributed by atoms with Crippen molar-refractivity contribution in [1.82, 2.24) is 19.7 Å². The van der Waals surface area contributed by atoms with Crippen LogP contribution in [0.4, 0.5) is 0 Å². The van der Waals surface area contributed by atoms with Gasteiger partial charge in [0.05, 0.1) is 25.9 Å². The van der Waals surface area contributed by atoms with E-state index in [0.717, 1.165) is 37.7 Å². The largest absolute Gasteiger partial charge is 0.389 e. The molecule has 7 heteroatoms. The second kappa shape index (κ2) is 7.32. The fourth-order valence-corrected chi connectivity index (χ4v) is 3.37. The highest BCUT2D eigenvalue weighted by molar-refractivity contribution is 7.09. The first-order valence-electron chi connectivity index (χ1n) is 7.67. The van der Waals surface area contributed by atoms with Gasteiger partial charge >= 0.3 is 0 Å². The third-order valence-electron chi connectivity index (χ3n) is 3.83. The predicted molar refractivity (Wildman–Crippen MR) is 84.7 cm³/mol. The normalized spacial score (nSPS) is 16.6. The van der Waals surface area contributed by atoms with Gasteiger partial charge in [-0.2, -0.15) is 0 Å². The summed E-state index contributed by atoms with van der Waals surface area (Å²) in [5.74, 6) is 2.05. The first kappa shape index (κ1) is 15.6. The van der Waals surface area contributed by atoms with Gasteiger partial charge in [-0.3, -0.25) is 4.90 Å². The molecule has 120 valence electrons. The van der Waals surface area contributed by atoms with Crippen LogP contribution in [-0.2, 0) is 30.9 Å². The Kier molecular flexibility index (Phi) is 5.20. The fraction of sp³-hybridized carbons (Fsp3) is 0.600. The molecule has 1 N–H and O–H groups in total. The summed E-state index contributed by atoms with van der Waals surface area (Å²) in [5.41, 5.74) is 0. The van der Waals surface area contributed by atoms with Crippen molar-refractivity contribution in [2.24, 2.45) is 0 Å². The molecule has 3 rings (SSSR count). The van der Waals surface area contributed by atoms with E-state index in [4.69, 9.17) is 4.74 Å². The summed E-state index contributed by atoms with van der Waals surface area (Å²) in [6.45, 7) is 6.20. The van der Waals surface area contributed by atoms with Crippen LogP contribution in [-0.4, -0.2) is 50.6 Å². The maximum atomic E-state index is 10.1. The minimum absolute atomic E-state index is 0.362. The number of rotatable bonds is 7. The molecular formula is C15H22N4O2S. The monoisotopic (exact) mass is 322 g/mol. The standard InChI is InChI=1S/C15H22N4O2S/c1-2-14-16-17-15-9-18(5-6-19(14)15)8-12(20)10-21-11-13-4-3-7-22-13/h3-4,7,12,20H,2,5-6,8-11H2,1H3. The Hall–Kier alpha value is -1.28. The molecule has 0 aromatic carbocycles. The molecule has 0 fully saturated rings. The van der Waals surface area contributed by atoms with Gasteiger partial charge in [-0.1, -0.05) is 13.0 Å². The van der Waals surface area contributed by atoms with Crippen molar-refractivity contribution in [3.8, 4) is 0 Å². The third-order valence-corrected chi connectivity index (χ3v) is 4.68. The van der Waals surface area contributed by atoms with Gasteiger partial charge in [0.2, 0.25) is 0 Å². The van der Waals surface area contributed by atoms with Crippen molar-refractivity contribution in [1.29, 1.82) is 0 Å². The Balaban J connectivity index is 1.43. The average molecular weight is 322 g/mol. The molecule has 6 nitrogen and oxygen atoms in total. The van der Waals surface area contributed by atoms with Crippen LogP contribution in [0.2, 0.25) is 0 Å². The molecule has 1 atom stereocenters. The minimum atomic E-state index is -0.472. The number of hydrogen-bond donors (Lipinski definition) is 1. The van der Waals surface area contributed by atoms with E-state index in [-0.39, 0.29) is 0 Å². The van der Waals surface area contributed by atoms with Crippen LogP contribution in [0.25, 0.3) is 0 Å². The second-order valence-electron chi connectivity index (χ2n) is 5.52. The summed E-state index contributed by atoms with van der Waals surface area (Å²) in [6.07, 6.45) is 0.437. The first-order valence-corrected chi connectivity index (χ1v) is 8.55. The lowest BCUT2D eigenvalue weighted by atomic mass is 10.3. The van der Waals surface area contributed by atoms with Crippen LogP contribution in [0.15, 0.2) is 17.5 Å². The van der Waals surface area contributed by atoms with Gasteiger partial charge in [-0.15, -0.1) is 21.5 Å². The van der Waals surface area contributed by atoms with Gasteiger partial charge in [0, 0.05) is 30.9 Å². The molecule has 1 aliphatic rings. The topological polar surface area (TPSA) is 63.4 Å². The number of fused-ring (bicyclic) bond motifs is 1. The Labute approximate surface area is 134 Å². The quantitative estimate of drug-likeness (QED) is 0.832. The molecular weight excluding hydrogens is 300 g/mol. The minimum Gasteiger partial charge on any atom is -0.389 e. The summed E-state index contributed by atoms with van der Waals surface area (Å²) in [4.78, 5) is 3.40. The summed E-state index contributed by atoms with van der Waals surface area (Å²) in [7, 11) is 0. The number of aliphatic hydroxyl groups excluding tert-OH is 1. The predicted octanol–water partition coefficient (Wildman–Crippen LogP) is 1.30. The van der Waals surface area contributed by atoms with E-state index in [1.54, 1.807) is 11.3 Å².